The topological polar surface area (TPSA) is 70.7 Å². The van der Waals surface area contributed by atoms with E-state index in [1.54, 1.807) is 42.3 Å². The summed E-state index contributed by atoms with van der Waals surface area (Å²) >= 11 is 12.0. The lowest BCUT2D eigenvalue weighted by atomic mass is 10.1. The van der Waals surface area contributed by atoms with Crippen molar-refractivity contribution in [1.82, 2.24) is 5.32 Å². The molecule has 30 heavy (non-hydrogen) atoms. The van der Waals surface area contributed by atoms with Gasteiger partial charge in [-0.15, -0.1) is 0 Å². The number of nitrogens with one attached hydrogen (secondary N) is 2. The predicted octanol–water partition coefficient (Wildman–Crippen LogP) is 5.59. The van der Waals surface area contributed by atoms with E-state index in [9.17, 15) is 9.59 Å². The minimum absolute atomic E-state index is 0.0151. The van der Waals surface area contributed by atoms with Gasteiger partial charge in [-0.05, 0) is 54.8 Å². The molecular weight excluding hydrogens is 425 g/mol. The summed E-state index contributed by atoms with van der Waals surface area (Å²) in [5, 5.41) is 6.51. The molecule has 0 atom stereocenters. The van der Waals surface area contributed by atoms with Crippen molar-refractivity contribution in [1.29, 1.82) is 0 Å². The number of hydrogen-bond acceptors (Lipinski definition) is 3. The zero-order valence-corrected chi connectivity index (χ0v) is 18.9. The third-order valence-corrected chi connectivity index (χ3v) is 5.01. The molecule has 162 valence electrons. The fraction of sp³-hybridized carbons (Fsp3) is 0.364. The van der Waals surface area contributed by atoms with E-state index in [-0.39, 0.29) is 11.9 Å². The lowest BCUT2D eigenvalue weighted by molar-refractivity contribution is -0.121. The Balaban J connectivity index is 2.06. The summed E-state index contributed by atoms with van der Waals surface area (Å²) < 4.78 is 5.19. The van der Waals surface area contributed by atoms with Crippen LogP contribution in [-0.2, 0) is 4.79 Å². The summed E-state index contributed by atoms with van der Waals surface area (Å²) in [5.74, 6) is 1.02. The van der Waals surface area contributed by atoms with Crippen LogP contribution in [0.4, 0.5) is 16.2 Å². The molecule has 0 unspecified atom stereocenters. The lowest BCUT2D eigenvalue weighted by Crippen LogP contribution is -2.37. The van der Waals surface area contributed by atoms with Crippen molar-refractivity contribution in [3.63, 3.8) is 0 Å². The number of ether oxygens (including phenoxy) is 1. The van der Waals surface area contributed by atoms with E-state index in [0.717, 1.165) is 0 Å². The first-order valence-corrected chi connectivity index (χ1v) is 10.5. The SMILES string of the molecule is COc1ccc(N(CCCNC(=O)CC(C)C)C(=O)Nc2ccc(Cl)c(Cl)c2)cc1. The van der Waals surface area contributed by atoms with Crippen molar-refractivity contribution in [3.8, 4) is 5.75 Å². The van der Waals surface area contributed by atoms with Crippen LogP contribution in [0.1, 0.15) is 26.7 Å². The monoisotopic (exact) mass is 451 g/mol. The summed E-state index contributed by atoms with van der Waals surface area (Å²) in [6, 6.07) is 11.8. The van der Waals surface area contributed by atoms with Crippen molar-refractivity contribution in [2.75, 3.05) is 30.4 Å². The second kappa shape index (κ2) is 11.7. The minimum Gasteiger partial charge on any atom is -0.497 e. The van der Waals surface area contributed by atoms with Gasteiger partial charge in [0.15, 0.2) is 0 Å². The molecule has 0 saturated heterocycles. The number of rotatable bonds is 9. The quantitative estimate of drug-likeness (QED) is 0.487. The van der Waals surface area contributed by atoms with Crippen LogP contribution in [0.2, 0.25) is 10.0 Å². The average molecular weight is 452 g/mol. The molecule has 0 saturated carbocycles. The van der Waals surface area contributed by atoms with Crippen LogP contribution in [-0.4, -0.2) is 32.1 Å². The standard InChI is InChI=1S/C22H27Cl2N3O3/c1-15(2)13-21(28)25-11-4-12-27(17-6-8-18(30-3)9-7-17)22(29)26-16-5-10-19(23)20(24)14-16/h5-10,14-15H,4,11-13H2,1-3H3,(H,25,28)(H,26,29). The Morgan fingerprint density at radius 3 is 2.37 bits per heavy atom. The predicted molar refractivity (Wildman–Crippen MR) is 123 cm³/mol. The minimum atomic E-state index is -0.313. The van der Waals surface area contributed by atoms with Gasteiger partial charge >= 0.3 is 6.03 Å². The van der Waals surface area contributed by atoms with Crippen LogP contribution in [0.25, 0.3) is 0 Å². The molecule has 6 nitrogen and oxygen atoms in total. The van der Waals surface area contributed by atoms with Gasteiger partial charge < -0.3 is 15.4 Å². The van der Waals surface area contributed by atoms with Gasteiger partial charge in [0.2, 0.25) is 5.91 Å². The Bertz CT molecular complexity index is 857. The fourth-order valence-electron chi connectivity index (χ4n) is 2.78. The van der Waals surface area contributed by atoms with Crippen molar-refractivity contribution >= 4 is 46.5 Å². The number of carbonyl (C=O) groups excluding carboxylic acids is 2. The van der Waals surface area contributed by atoms with Crippen LogP contribution in [0.5, 0.6) is 5.75 Å². The highest BCUT2D eigenvalue weighted by atomic mass is 35.5. The van der Waals surface area contributed by atoms with E-state index in [1.807, 2.05) is 26.0 Å². The molecule has 0 heterocycles. The Hall–Kier alpha value is -2.44. The number of anilines is 2. The first kappa shape index (κ1) is 23.8. The molecule has 2 rings (SSSR count). The normalized spacial score (nSPS) is 10.6. The summed E-state index contributed by atoms with van der Waals surface area (Å²) in [6.45, 7) is 4.90. The van der Waals surface area contributed by atoms with E-state index in [4.69, 9.17) is 27.9 Å². The summed E-state index contributed by atoms with van der Waals surface area (Å²) in [6.07, 6.45) is 1.09. The summed E-state index contributed by atoms with van der Waals surface area (Å²) in [5.41, 5.74) is 1.25. The Labute approximate surface area is 187 Å². The van der Waals surface area contributed by atoms with Crippen molar-refractivity contribution in [2.45, 2.75) is 26.7 Å². The van der Waals surface area contributed by atoms with E-state index < -0.39 is 0 Å². The van der Waals surface area contributed by atoms with Gasteiger partial charge in [0.25, 0.3) is 0 Å². The zero-order chi connectivity index (χ0) is 22.1. The first-order chi connectivity index (χ1) is 14.3. The molecule has 0 aliphatic heterocycles. The van der Waals surface area contributed by atoms with Crippen molar-refractivity contribution in [2.24, 2.45) is 5.92 Å². The third kappa shape index (κ3) is 7.43. The second-order valence-electron chi connectivity index (χ2n) is 7.21. The Morgan fingerprint density at radius 1 is 1.07 bits per heavy atom. The molecule has 0 aromatic heterocycles. The van der Waals surface area contributed by atoms with E-state index >= 15 is 0 Å². The largest absolute Gasteiger partial charge is 0.497 e. The highest BCUT2D eigenvalue weighted by Crippen LogP contribution is 2.26. The third-order valence-electron chi connectivity index (χ3n) is 4.27. The number of benzene rings is 2. The molecule has 3 amide bonds. The molecule has 2 aromatic rings. The molecule has 0 spiro atoms. The van der Waals surface area contributed by atoms with E-state index in [0.29, 0.717) is 59.0 Å². The van der Waals surface area contributed by atoms with Gasteiger partial charge in [0.05, 0.1) is 17.2 Å². The lowest BCUT2D eigenvalue weighted by Gasteiger charge is -2.24. The summed E-state index contributed by atoms with van der Waals surface area (Å²) in [7, 11) is 1.59. The Morgan fingerprint density at radius 2 is 1.77 bits per heavy atom. The average Bonchev–Trinajstić information content (AvgIpc) is 2.70. The van der Waals surface area contributed by atoms with Crippen LogP contribution >= 0.6 is 23.2 Å². The van der Waals surface area contributed by atoms with Gasteiger partial charge in [0.1, 0.15) is 5.75 Å². The van der Waals surface area contributed by atoms with E-state index in [1.165, 1.54) is 0 Å². The Kier molecular flexibility index (Phi) is 9.27. The maximum Gasteiger partial charge on any atom is 0.326 e. The number of carbonyl (C=O) groups is 2. The number of hydrogen-bond donors (Lipinski definition) is 2. The maximum atomic E-state index is 13.0. The molecule has 8 heteroatoms. The van der Waals surface area contributed by atoms with Crippen LogP contribution in [0.3, 0.4) is 0 Å². The molecule has 0 aliphatic rings. The number of halogens is 2. The molecule has 0 aliphatic carbocycles. The number of methoxy groups -OCH3 is 1. The van der Waals surface area contributed by atoms with Gasteiger partial charge in [0, 0.05) is 30.9 Å². The van der Waals surface area contributed by atoms with Crippen molar-refractivity contribution in [3.05, 3.63) is 52.5 Å². The molecule has 0 radical (unpaired) electrons. The first-order valence-electron chi connectivity index (χ1n) is 9.74. The van der Waals surface area contributed by atoms with Crippen LogP contribution < -0.4 is 20.3 Å². The number of amides is 3. The molecule has 0 bridgehead atoms. The smallest absolute Gasteiger partial charge is 0.326 e. The van der Waals surface area contributed by atoms with Gasteiger partial charge in [-0.2, -0.15) is 0 Å². The molecule has 2 aromatic carbocycles. The second-order valence-corrected chi connectivity index (χ2v) is 8.02. The van der Waals surface area contributed by atoms with Crippen LogP contribution in [0.15, 0.2) is 42.5 Å². The van der Waals surface area contributed by atoms with Gasteiger partial charge in [-0.25, -0.2) is 4.79 Å². The molecule has 0 fully saturated rings. The van der Waals surface area contributed by atoms with Crippen LogP contribution in [0, 0.1) is 5.92 Å². The highest BCUT2D eigenvalue weighted by Gasteiger charge is 2.17. The number of nitrogens with zero attached hydrogens (tertiary/aromatic N) is 1. The molecule has 2 N–H and O–H groups in total. The van der Waals surface area contributed by atoms with E-state index in [2.05, 4.69) is 10.6 Å². The van der Waals surface area contributed by atoms with Gasteiger partial charge in [-0.1, -0.05) is 37.0 Å². The highest BCUT2D eigenvalue weighted by molar-refractivity contribution is 6.42. The molecular formula is C22H27Cl2N3O3. The summed E-state index contributed by atoms with van der Waals surface area (Å²) in [4.78, 5) is 26.4. The zero-order valence-electron chi connectivity index (χ0n) is 17.4. The number of urea groups is 1. The maximum absolute atomic E-state index is 13.0. The fourth-order valence-corrected chi connectivity index (χ4v) is 3.08. The van der Waals surface area contributed by atoms with Gasteiger partial charge in [-0.3, -0.25) is 9.69 Å². The van der Waals surface area contributed by atoms with Crippen molar-refractivity contribution < 1.29 is 14.3 Å².